The van der Waals surface area contributed by atoms with Gasteiger partial charge in [-0.05, 0) is 57.7 Å². The quantitative estimate of drug-likeness (QED) is 0.780. The molecule has 2 unspecified atom stereocenters. The topological polar surface area (TPSA) is 21.1 Å². The summed E-state index contributed by atoms with van der Waals surface area (Å²) in [5.41, 5.74) is 3.48. The Bertz CT molecular complexity index is 609. The van der Waals surface area contributed by atoms with Gasteiger partial charge in [0.2, 0.25) is 0 Å². The van der Waals surface area contributed by atoms with Crippen molar-refractivity contribution in [1.29, 1.82) is 0 Å². The summed E-state index contributed by atoms with van der Waals surface area (Å²) in [6, 6.07) is 7.47. The van der Waals surface area contributed by atoms with Gasteiger partial charge in [0.1, 0.15) is 5.82 Å². The molecule has 0 aliphatic carbocycles. The average Bonchev–Trinajstić information content (AvgIpc) is 2.77. The van der Waals surface area contributed by atoms with E-state index in [1.807, 2.05) is 0 Å². The van der Waals surface area contributed by atoms with E-state index in [1.165, 1.54) is 30.3 Å². The molecule has 1 aliphatic rings. The van der Waals surface area contributed by atoms with Gasteiger partial charge >= 0.3 is 0 Å². The molecule has 108 valence electrons. The van der Waals surface area contributed by atoms with Gasteiger partial charge in [-0.15, -0.1) is 11.6 Å². The molecule has 3 rings (SSSR count). The van der Waals surface area contributed by atoms with Gasteiger partial charge in [0.25, 0.3) is 0 Å². The number of aromatic nitrogens is 2. The molecular formula is C16H22ClN3. The molecule has 3 nitrogen and oxygen atoms in total. The van der Waals surface area contributed by atoms with E-state index in [-0.39, 0.29) is 0 Å². The monoisotopic (exact) mass is 291 g/mol. The van der Waals surface area contributed by atoms with Crippen LogP contribution in [-0.2, 0) is 5.88 Å². The lowest BCUT2D eigenvalue weighted by atomic mass is 10.00. The summed E-state index contributed by atoms with van der Waals surface area (Å²) in [6.07, 6.45) is 3.77. The number of hydrogen-bond donors (Lipinski definition) is 0. The largest absolute Gasteiger partial charge is 0.305 e. The molecule has 0 N–H and O–H groups in total. The summed E-state index contributed by atoms with van der Waals surface area (Å²) < 4.78 is 2.27. The van der Waals surface area contributed by atoms with Crippen molar-refractivity contribution in [3.8, 4) is 0 Å². The number of imidazole rings is 1. The molecule has 0 amide bonds. The third-order valence-electron chi connectivity index (χ3n) is 4.35. The van der Waals surface area contributed by atoms with Crippen LogP contribution in [0.15, 0.2) is 18.2 Å². The van der Waals surface area contributed by atoms with Gasteiger partial charge in [-0.1, -0.05) is 6.07 Å². The normalized spacial score (nSPS) is 23.5. The highest BCUT2D eigenvalue weighted by Crippen LogP contribution is 2.27. The lowest BCUT2D eigenvalue weighted by molar-refractivity contribution is 0.337. The maximum atomic E-state index is 6.15. The Labute approximate surface area is 125 Å². The van der Waals surface area contributed by atoms with Crippen LogP contribution in [0.5, 0.6) is 0 Å². The van der Waals surface area contributed by atoms with Crippen LogP contribution in [0, 0.1) is 6.92 Å². The van der Waals surface area contributed by atoms with Gasteiger partial charge in [0.05, 0.1) is 16.9 Å². The van der Waals surface area contributed by atoms with Gasteiger partial charge in [-0.2, -0.15) is 0 Å². The number of aryl methyl sites for hydroxylation is 1. The van der Waals surface area contributed by atoms with Gasteiger partial charge in [0, 0.05) is 12.1 Å². The summed E-state index contributed by atoms with van der Waals surface area (Å²) in [5.74, 6) is 1.40. The molecule has 1 aliphatic heterocycles. The fourth-order valence-electron chi connectivity index (χ4n) is 3.37. The number of piperidine rings is 1. The molecule has 0 spiro atoms. The fraction of sp³-hybridized carbons (Fsp3) is 0.562. The van der Waals surface area contributed by atoms with E-state index in [1.54, 1.807) is 0 Å². The first-order valence-corrected chi connectivity index (χ1v) is 7.98. The second-order valence-corrected chi connectivity index (χ2v) is 6.24. The first-order valence-electron chi connectivity index (χ1n) is 7.44. The van der Waals surface area contributed by atoms with Gasteiger partial charge in [-0.3, -0.25) is 0 Å². The third-order valence-corrected chi connectivity index (χ3v) is 4.59. The van der Waals surface area contributed by atoms with Crippen molar-refractivity contribution in [2.45, 2.75) is 58.0 Å². The van der Waals surface area contributed by atoms with Crippen LogP contribution in [0.25, 0.3) is 11.0 Å². The molecule has 1 aromatic heterocycles. The van der Waals surface area contributed by atoms with Crippen molar-refractivity contribution >= 4 is 22.6 Å². The van der Waals surface area contributed by atoms with Crippen LogP contribution in [0.4, 0.5) is 0 Å². The maximum absolute atomic E-state index is 6.15. The third kappa shape index (κ3) is 2.18. The number of alkyl halides is 1. The summed E-state index contributed by atoms with van der Waals surface area (Å²) >= 11 is 6.15. The Morgan fingerprint density at radius 1 is 1.25 bits per heavy atom. The zero-order valence-electron chi connectivity index (χ0n) is 12.4. The Kier molecular flexibility index (Phi) is 3.63. The van der Waals surface area contributed by atoms with Crippen LogP contribution in [0.1, 0.15) is 44.5 Å². The number of halogens is 1. The Balaban J connectivity index is 2.19. The van der Waals surface area contributed by atoms with Crippen molar-refractivity contribution in [3.63, 3.8) is 0 Å². The minimum atomic E-state index is 0.448. The van der Waals surface area contributed by atoms with Crippen molar-refractivity contribution in [3.05, 3.63) is 29.6 Å². The zero-order chi connectivity index (χ0) is 14.3. The Morgan fingerprint density at radius 3 is 2.60 bits per heavy atom. The van der Waals surface area contributed by atoms with Crippen LogP contribution in [0.3, 0.4) is 0 Å². The first kappa shape index (κ1) is 13.7. The molecule has 2 aromatic rings. The number of hydrogen-bond acceptors (Lipinski definition) is 2. The van der Waals surface area contributed by atoms with Gasteiger partial charge in [0.15, 0.2) is 0 Å². The van der Waals surface area contributed by atoms with Crippen LogP contribution in [0.2, 0.25) is 0 Å². The molecule has 0 bridgehead atoms. The van der Waals surface area contributed by atoms with E-state index in [0.29, 0.717) is 18.0 Å². The average molecular weight is 292 g/mol. The minimum Gasteiger partial charge on any atom is -0.305 e. The maximum Gasteiger partial charge on any atom is 0.143 e. The minimum absolute atomic E-state index is 0.448. The molecule has 0 radical (unpaired) electrons. The lowest BCUT2D eigenvalue weighted by Gasteiger charge is -2.42. The van der Waals surface area contributed by atoms with Crippen LogP contribution >= 0.6 is 11.6 Å². The summed E-state index contributed by atoms with van der Waals surface area (Å²) in [7, 11) is 0. The molecule has 2 atom stereocenters. The molecule has 2 heterocycles. The second kappa shape index (κ2) is 5.28. The summed E-state index contributed by atoms with van der Waals surface area (Å²) in [4.78, 5) is 4.71. The van der Waals surface area contributed by atoms with Crippen LogP contribution in [-0.4, -0.2) is 21.7 Å². The van der Waals surface area contributed by atoms with E-state index in [9.17, 15) is 0 Å². The molecule has 4 heteroatoms. The lowest BCUT2D eigenvalue weighted by Crippen LogP contribution is -2.51. The van der Waals surface area contributed by atoms with E-state index in [4.69, 9.17) is 16.6 Å². The number of nitrogens with zero attached hydrogens (tertiary/aromatic N) is 3. The van der Waals surface area contributed by atoms with Crippen molar-refractivity contribution in [2.24, 2.45) is 0 Å². The smallest absolute Gasteiger partial charge is 0.143 e. The predicted octanol–water partition coefficient (Wildman–Crippen LogP) is 3.98. The van der Waals surface area contributed by atoms with Gasteiger partial charge < -0.3 is 5.01 Å². The predicted molar refractivity (Wildman–Crippen MR) is 85.0 cm³/mol. The Hall–Kier alpha value is -1.22. The van der Waals surface area contributed by atoms with E-state index in [0.717, 1.165) is 11.3 Å². The van der Waals surface area contributed by atoms with Gasteiger partial charge in [-0.25, -0.2) is 9.66 Å². The molecule has 1 fully saturated rings. The second-order valence-electron chi connectivity index (χ2n) is 5.97. The summed E-state index contributed by atoms with van der Waals surface area (Å²) in [6.45, 7) is 6.73. The first-order chi connectivity index (χ1) is 9.61. The molecule has 1 aromatic carbocycles. The van der Waals surface area contributed by atoms with Crippen LogP contribution < -0.4 is 5.01 Å². The Morgan fingerprint density at radius 2 is 1.95 bits per heavy atom. The standard InChI is InChI=1S/C16H22ClN3/c1-11-7-8-14-15(9-11)20(16(10-17)18-14)19-12(2)5-4-6-13(19)3/h7-9,12-13H,4-6,10H2,1-3H3. The molecule has 1 saturated heterocycles. The fourth-order valence-corrected chi connectivity index (χ4v) is 3.54. The number of rotatable bonds is 2. The SMILES string of the molecule is Cc1ccc2nc(CCl)n(N3C(C)CCCC3C)c2c1. The van der Waals surface area contributed by atoms with E-state index in [2.05, 4.69) is 48.7 Å². The molecular weight excluding hydrogens is 270 g/mol. The van der Waals surface area contributed by atoms with E-state index < -0.39 is 0 Å². The highest BCUT2D eigenvalue weighted by atomic mass is 35.5. The number of fused-ring (bicyclic) bond motifs is 1. The number of benzene rings is 1. The zero-order valence-corrected chi connectivity index (χ0v) is 13.2. The van der Waals surface area contributed by atoms with Crippen molar-refractivity contribution in [2.75, 3.05) is 5.01 Å². The van der Waals surface area contributed by atoms with E-state index >= 15 is 0 Å². The van der Waals surface area contributed by atoms with Crippen molar-refractivity contribution in [1.82, 2.24) is 9.66 Å². The highest BCUT2D eigenvalue weighted by molar-refractivity contribution is 6.16. The molecule has 0 saturated carbocycles. The van der Waals surface area contributed by atoms with Crippen molar-refractivity contribution < 1.29 is 0 Å². The summed E-state index contributed by atoms with van der Waals surface area (Å²) in [5, 5.41) is 2.47. The molecule has 20 heavy (non-hydrogen) atoms. The highest BCUT2D eigenvalue weighted by Gasteiger charge is 2.28.